The molecule has 2 aromatic carbocycles. The summed E-state index contributed by atoms with van der Waals surface area (Å²) in [5.74, 6) is 0. The summed E-state index contributed by atoms with van der Waals surface area (Å²) in [6, 6.07) is 13.4. The highest BCUT2D eigenvalue weighted by Crippen LogP contribution is 2.15. The maximum absolute atomic E-state index is 12.2. The molecule has 0 heterocycles. The van der Waals surface area contributed by atoms with Crippen molar-refractivity contribution in [3.05, 3.63) is 70.3 Å². The summed E-state index contributed by atoms with van der Waals surface area (Å²) in [5, 5.41) is 13.2. The fourth-order valence-corrected chi connectivity index (χ4v) is 3.57. The van der Waals surface area contributed by atoms with E-state index in [1.165, 1.54) is 0 Å². The zero-order chi connectivity index (χ0) is 22.0. The Bertz CT molecular complexity index is 935. The highest BCUT2D eigenvalue weighted by Gasteiger charge is 2.17. The number of hydrogen-bond donors (Lipinski definition) is 3. The number of carbonyl (C=O) groups is 1. The number of non-ortho nitro benzene ring substituents is 1. The predicted octanol–water partition coefficient (Wildman–Crippen LogP) is 1.91. The van der Waals surface area contributed by atoms with Crippen molar-refractivity contribution in [2.45, 2.75) is 30.4 Å². The van der Waals surface area contributed by atoms with Gasteiger partial charge in [0.1, 0.15) is 6.61 Å². The molecule has 0 saturated heterocycles. The van der Waals surface area contributed by atoms with Gasteiger partial charge in [-0.2, -0.15) is 0 Å². The van der Waals surface area contributed by atoms with E-state index in [9.17, 15) is 23.3 Å². The first kappa shape index (κ1) is 23.3. The summed E-state index contributed by atoms with van der Waals surface area (Å²) < 4.78 is 31.9. The number of nitro groups is 1. The first-order valence-electron chi connectivity index (χ1n) is 9.22. The summed E-state index contributed by atoms with van der Waals surface area (Å²) >= 11 is 0. The molecule has 10 nitrogen and oxygen atoms in total. The van der Waals surface area contributed by atoms with Crippen LogP contribution in [0.5, 0.6) is 0 Å². The molecule has 1 atom stereocenters. The van der Waals surface area contributed by atoms with Gasteiger partial charge < -0.3 is 15.8 Å². The Morgan fingerprint density at radius 3 is 2.43 bits per heavy atom. The molecule has 0 aromatic heterocycles. The Morgan fingerprint density at radius 1 is 1.13 bits per heavy atom. The maximum atomic E-state index is 12.2. The van der Waals surface area contributed by atoms with Gasteiger partial charge in [-0.3, -0.25) is 10.1 Å². The molecule has 1 amide bonds. The van der Waals surface area contributed by atoms with Crippen LogP contribution in [0.3, 0.4) is 0 Å². The van der Waals surface area contributed by atoms with Crippen molar-refractivity contribution in [2.75, 3.05) is 13.1 Å². The SMILES string of the molecule is N[C@@H](CCCNC(=O)OCc1ccccc1)CNS(=O)(=O)c1ccc([N+](=O)[O-])cc1. The largest absolute Gasteiger partial charge is 0.445 e. The quantitative estimate of drug-likeness (QED) is 0.276. The van der Waals surface area contributed by atoms with Crippen LogP contribution in [-0.4, -0.2) is 38.6 Å². The van der Waals surface area contributed by atoms with E-state index in [1.807, 2.05) is 30.3 Å². The molecule has 0 unspecified atom stereocenters. The second-order valence-corrected chi connectivity index (χ2v) is 8.26. The van der Waals surface area contributed by atoms with Crippen LogP contribution in [0.4, 0.5) is 10.5 Å². The van der Waals surface area contributed by atoms with Gasteiger partial charge in [0.25, 0.3) is 5.69 Å². The number of nitrogens with one attached hydrogen (secondary N) is 2. The summed E-state index contributed by atoms with van der Waals surface area (Å²) in [6.07, 6.45) is 0.481. The molecule has 0 radical (unpaired) electrons. The van der Waals surface area contributed by atoms with E-state index in [-0.39, 0.29) is 23.7 Å². The third kappa shape index (κ3) is 7.78. The molecule has 0 saturated carbocycles. The van der Waals surface area contributed by atoms with Gasteiger partial charge in [0.2, 0.25) is 10.0 Å². The molecule has 30 heavy (non-hydrogen) atoms. The number of nitrogens with two attached hydrogens (primary N) is 1. The molecule has 2 rings (SSSR count). The number of nitrogens with zero attached hydrogens (tertiary/aromatic N) is 1. The van der Waals surface area contributed by atoms with Crippen molar-refractivity contribution in [3.63, 3.8) is 0 Å². The van der Waals surface area contributed by atoms with Gasteiger partial charge in [-0.25, -0.2) is 17.9 Å². The van der Waals surface area contributed by atoms with Crippen LogP contribution in [0.2, 0.25) is 0 Å². The normalized spacial score (nSPS) is 12.2. The summed E-state index contributed by atoms with van der Waals surface area (Å²) in [4.78, 5) is 21.6. The average molecular weight is 436 g/mol. The van der Waals surface area contributed by atoms with Gasteiger partial charge in [0.15, 0.2) is 0 Å². The van der Waals surface area contributed by atoms with Gasteiger partial charge in [0.05, 0.1) is 9.82 Å². The monoisotopic (exact) mass is 436 g/mol. The summed E-state index contributed by atoms with van der Waals surface area (Å²) in [5.41, 5.74) is 6.60. The van der Waals surface area contributed by atoms with Crippen LogP contribution in [0.25, 0.3) is 0 Å². The van der Waals surface area contributed by atoms with Crippen LogP contribution in [0.15, 0.2) is 59.5 Å². The number of benzene rings is 2. The van der Waals surface area contributed by atoms with E-state index in [0.29, 0.717) is 19.4 Å². The second-order valence-electron chi connectivity index (χ2n) is 6.49. The molecule has 0 fully saturated rings. The van der Waals surface area contributed by atoms with Crippen molar-refractivity contribution in [2.24, 2.45) is 5.73 Å². The van der Waals surface area contributed by atoms with Crippen molar-refractivity contribution in [1.82, 2.24) is 10.0 Å². The lowest BCUT2D eigenvalue weighted by Gasteiger charge is -2.13. The lowest BCUT2D eigenvalue weighted by Crippen LogP contribution is -2.37. The smallest absolute Gasteiger partial charge is 0.407 e. The second kappa shape index (κ2) is 11.2. The number of alkyl carbamates (subject to hydrolysis) is 1. The zero-order valence-electron chi connectivity index (χ0n) is 16.2. The number of amides is 1. The zero-order valence-corrected chi connectivity index (χ0v) is 17.0. The number of sulfonamides is 1. The van der Waals surface area contributed by atoms with Crippen LogP contribution >= 0.6 is 0 Å². The molecular formula is C19H24N4O6S. The van der Waals surface area contributed by atoms with E-state index < -0.39 is 27.1 Å². The highest BCUT2D eigenvalue weighted by molar-refractivity contribution is 7.89. The number of ether oxygens (including phenoxy) is 1. The Kier molecular flexibility index (Phi) is 8.71. The van der Waals surface area contributed by atoms with E-state index in [1.54, 1.807) is 0 Å². The van der Waals surface area contributed by atoms with Crippen LogP contribution < -0.4 is 15.8 Å². The van der Waals surface area contributed by atoms with Crippen LogP contribution in [-0.2, 0) is 21.4 Å². The Hall–Kier alpha value is -3.02. The molecule has 162 valence electrons. The van der Waals surface area contributed by atoms with Crippen molar-refractivity contribution >= 4 is 21.8 Å². The minimum Gasteiger partial charge on any atom is -0.445 e. The highest BCUT2D eigenvalue weighted by atomic mass is 32.2. The molecule has 0 spiro atoms. The van der Waals surface area contributed by atoms with Gasteiger partial charge >= 0.3 is 6.09 Å². The van der Waals surface area contributed by atoms with Crippen LogP contribution in [0.1, 0.15) is 18.4 Å². The minimum absolute atomic E-state index is 0.00221. The third-order valence-corrected chi connectivity index (χ3v) is 5.57. The van der Waals surface area contributed by atoms with E-state index in [0.717, 1.165) is 29.8 Å². The van der Waals surface area contributed by atoms with Gasteiger partial charge in [0, 0.05) is 31.3 Å². The minimum atomic E-state index is -3.82. The number of nitro benzene ring substituents is 1. The lowest BCUT2D eigenvalue weighted by atomic mass is 10.2. The molecule has 4 N–H and O–H groups in total. The number of hydrogen-bond acceptors (Lipinski definition) is 7. The van der Waals surface area contributed by atoms with E-state index in [4.69, 9.17) is 10.5 Å². The van der Waals surface area contributed by atoms with Crippen molar-refractivity contribution < 1.29 is 22.9 Å². The molecular weight excluding hydrogens is 412 g/mol. The average Bonchev–Trinajstić information content (AvgIpc) is 2.74. The summed E-state index contributed by atoms with van der Waals surface area (Å²) in [6.45, 7) is 0.519. The number of rotatable bonds is 11. The first-order valence-corrected chi connectivity index (χ1v) is 10.7. The predicted molar refractivity (Wildman–Crippen MR) is 110 cm³/mol. The van der Waals surface area contributed by atoms with Gasteiger partial charge in [-0.05, 0) is 30.5 Å². The Balaban J connectivity index is 1.65. The van der Waals surface area contributed by atoms with E-state index in [2.05, 4.69) is 10.0 Å². The molecule has 0 aliphatic carbocycles. The van der Waals surface area contributed by atoms with E-state index >= 15 is 0 Å². The number of carbonyl (C=O) groups excluding carboxylic acids is 1. The van der Waals surface area contributed by atoms with Gasteiger partial charge in [-0.1, -0.05) is 30.3 Å². The topological polar surface area (TPSA) is 154 Å². The van der Waals surface area contributed by atoms with Crippen molar-refractivity contribution in [3.8, 4) is 0 Å². The maximum Gasteiger partial charge on any atom is 0.407 e. The Labute approximate surface area is 174 Å². The molecule has 0 bridgehead atoms. The van der Waals surface area contributed by atoms with Crippen LogP contribution in [0, 0.1) is 10.1 Å². The third-order valence-electron chi connectivity index (χ3n) is 4.13. The standard InChI is InChI=1S/C19H24N4O6S/c20-16(7-4-12-21-19(24)29-14-15-5-2-1-3-6-15)13-22-30(27,28)18-10-8-17(9-11-18)23(25)26/h1-3,5-6,8-11,16,22H,4,7,12-14,20H2,(H,21,24)/t16-/m0/s1. The summed E-state index contributed by atoms with van der Waals surface area (Å²) in [7, 11) is -3.82. The lowest BCUT2D eigenvalue weighted by molar-refractivity contribution is -0.384. The van der Waals surface area contributed by atoms with Crippen molar-refractivity contribution in [1.29, 1.82) is 0 Å². The molecule has 2 aromatic rings. The van der Waals surface area contributed by atoms with Gasteiger partial charge in [-0.15, -0.1) is 0 Å². The Morgan fingerprint density at radius 2 is 1.80 bits per heavy atom. The molecule has 0 aliphatic rings. The first-order chi connectivity index (χ1) is 14.3. The molecule has 0 aliphatic heterocycles. The molecule has 11 heteroatoms. The fraction of sp³-hybridized carbons (Fsp3) is 0.316. The fourth-order valence-electron chi connectivity index (χ4n) is 2.48.